The smallest absolute Gasteiger partial charge is 0.239 e. The van der Waals surface area contributed by atoms with Crippen LogP contribution in [0.15, 0.2) is 0 Å². The van der Waals surface area contributed by atoms with Gasteiger partial charge < -0.3 is 16.0 Å². The van der Waals surface area contributed by atoms with Gasteiger partial charge >= 0.3 is 0 Å². The fraction of sp³-hybridized carbons (Fsp3) is 0.600. The Morgan fingerprint density at radius 1 is 1.62 bits per heavy atom. The Labute approximate surface area is 99.8 Å². The van der Waals surface area contributed by atoms with Gasteiger partial charge in [0.2, 0.25) is 5.91 Å². The first kappa shape index (κ1) is 12.8. The van der Waals surface area contributed by atoms with Gasteiger partial charge in [-0.05, 0) is 24.9 Å². The Hall–Kier alpha value is -1.30. The molecule has 0 aromatic carbocycles. The number of nitrogen functional groups attached to an aromatic ring is 1. The van der Waals surface area contributed by atoms with Crippen molar-refractivity contribution in [3.63, 3.8) is 0 Å². The molecule has 1 aromatic heterocycles. The van der Waals surface area contributed by atoms with E-state index in [0.717, 1.165) is 23.5 Å². The predicted molar refractivity (Wildman–Crippen MR) is 67.8 cm³/mol. The average Bonchev–Trinajstić information content (AvgIpc) is 2.59. The first-order chi connectivity index (χ1) is 7.60. The summed E-state index contributed by atoms with van der Waals surface area (Å²) < 4.78 is 4.10. The maximum absolute atomic E-state index is 11.4. The molecule has 1 rings (SSSR count). The molecule has 0 aliphatic rings. The van der Waals surface area contributed by atoms with Gasteiger partial charge in [-0.1, -0.05) is 6.92 Å². The van der Waals surface area contributed by atoms with Gasteiger partial charge in [-0.15, -0.1) is 0 Å². The molecule has 0 radical (unpaired) electrons. The number of hydrogen-bond acceptors (Lipinski definition) is 5. The number of nitrogens with zero attached hydrogens (tertiary/aromatic N) is 2. The van der Waals surface area contributed by atoms with Crippen LogP contribution in [0.2, 0.25) is 0 Å². The molecule has 5 nitrogen and oxygen atoms in total. The Morgan fingerprint density at radius 3 is 2.75 bits per heavy atom. The maximum Gasteiger partial charge on any atom is 0.239 e. The molecule has 0 aliphatic heterocycles. The van der Waals surface area contributed by atoms with Crippen molar-refractivity contribution in [2.45, 2.75) is 20.3 Å². The standard InChI is InChI=1S/C10H18N4OS/c1-4-5-14(6-8(15)12-3)10-7(2)9(11)13-16-10/h4-6H2,1-3H3,(H2,11,13)(H,12,15). The third kappa shape index (κ3) is 2.85. The van der Waals surface area contributed by atoms with E-state index in [1.807, 2.05) is 11.8 Å². The third-order valence-corrected chi connectivity index (χ3v) is 3.35. The van der Waals surface area contributed by atoms with Crippen molar-refractivity contribution >= 4 is 28.3 Å². The lowest BCUT2D eigenvalue weighted by molar-refractivity contribution is -0.119. The highest BCUT2D eigenvalue weighted by Crippen LogP contribution is 2.29. The average molecular weight is 242 g/mol. The lowest BCUT2D eigenvalue weighted by atomic mass is 10.3. The van der Waals surface area contributed by atoms with Gasteiger partial charge in [-0.25, -0.2) is 0 Å². The molecule has 1 aromatic rings. The van der Waals surface area contributed by atoms with Crippen LogP contribution < -0.4 is 16.0 Å². The van der Waals surface area contributed by atoms with Crippen molar-refractivity contribution in [3.05, 3.63) is 5.56 Å². The number of amides is 1. The first-order valence-corrected chi connectivity index (χ1v) is 6.04. The van der Waals surface area contributed by atoms with E-state index in [-0.39, 0.29) is 5.91 Å². The van der Waals surface area contributed by atoms with Gasteiger partial charge in [0.05, 0.1) is 6.54 Å². The largest absolute Gasteiger partial charge is 0.383 e. The molecule has 0 atom stereocenters. The fourth-order valence-electron chi connectivity index (χ4n) is 1.41. The van der Waals surface area contributed by atoms with Crippen molar-refractivity contribution in [3.8, 4) is 0 Å². The second-order valence-corrected chi connectivity index (χ2v) is 4.34. The maximum atomic E-state index is 11.4. The Bertz CT molecular complexity index is 364. The molecule has 90 valence electrons. The monoisotopic (exact) mass is 242 g/mol. The fourth-order valence-corrected chi connectivity index (χ4v) is 2.24. The van der Waals surface area contributed by atoms with Gasteiger partial charge in [-0.3, -0.25) is 4.79 Å². The summed E-state index contributed by atoms with van der Waals surface area (Å²) in [5.41, 5.74) is 6.67. The predicted octanol–water partition coefficient (Wildman–Crippen LogP) is 0.996. The van der Waals surface area contributed by atoms with Gasteiger partial charge in [0, 0.05) is 19.2 Å². The minimum atomic E-state index is -0.000165. The molecule has 1 heterocycles. The summed E-state index contributed by atoms with van der Waals surface area (Å²) in [6.07, 6.45) is 0.980. The lowest BCUT2D eigenvalue weighted by Crippen LogP contribution is -2.36. The number of rotatable bonds is 5. The van der Waals surface area contributed by atoms with Crippen LogP contribution in [0.3, 0.4) is 0 Å². The van der Waals surface area contributed by atoms with Crippen LogP contribution in [-0.4, -0.2) is 30.4 Å². The summed E-state index contributed by atoms with van der Waals surface area (Å²) in [5.74, 6) is 0.554. The number of anilines is 2. The Balaban J connectivity index is 2.84. The van der Waals surface area contributed by atoms with Crippen LogP contribution in [0.25, 0.3) is 0 Å². The molecule has 0 saturated heterocycles. The van der Waals surface area contributed by atoms with Crippen molar-refractivity contribution in [2.75, 3.05) is 30.8 Å². The quantitative estimate of drug-likeness (QED) is 0.808. The summed E-state index contributed by atoms with van der Waals surface area (Å²) in [6.45, 7) is 5.19. The Kier molecular flexibility index (Phi) is 4.54. The summed E-state index contributed by atoms with van der Waals surface area (Å²) in [5, 5.41) is 3.61. The summed E-state index contributed by atoms with van der Waals surface area (Å²) in [6, 6.07) is 0. The third-order valence-electron chi connectivity index (χ3n) is 2.33. The molecular formula is C10H18N4OS. The molecule has 0 spiro atoms. The number of carbonyl (C=O) groups is 1. The summed E-state index contributed by atoms with van der Waals surface area (Å²) >= 11 is 1.35. The van der Waals surface area contributed by atoms with E-state index >= 15 is 0 Å². The zero-order valence-electron chi connectivity index (χ0n) is 9.91. The summed E-state index contributed by atoms with van der Waals surface area (Å²) in [4.78, 5) is 13.4. The lowest BCUT2D eigenvalue weighted by Gasteiger charge is -2.21. The second-order valence-electron chi connectivity index (χ2n) is 3.59. The number of likely N-dealkylation sites (N-methyl/N-ethyl adjacent to an activating group) is 1. The zero-order chi connectivity index (χ0) is 12.1. The molecule has 6 heteroatoms. The number of hydrogen-bond donors (Lipinski definition) is 2. The van der Waals surface area contributed by atoms with E-state index in [4.69, 9.17) is 5.73 Å². The number of aromatic nitrogens is 1. The van der Waals surface area contributed by atoms with Crippen LogP contribution in [0.1, 0.15) is 18.9 Å². The minimum Gasteiger partial charge on any atom is -0.383 e. The molecule has 0 fully saturated rings. The number of nitrogens with two attached hydrogens (primary N) is 1. The van der Waals surface area contributed by atoms with Crippen molar-refractivity contribution < 1.29 is 4.79 Å². The first-order valence-electron chi connectivity index (χ1n) is 5.27. The van der Waals surface area contributed by atoms with Gasteiger partial charge in [0.25, 0.3) is 0 Å². The van der Waals surface area contributed by atoms with Gasteiger partial charge in [-0.2, -0.15) is 4.37 Å². The van der Waals surface area contributed by atoms with Crippen LogP contribution in [-0.2, 0) is 4.79 Å². The number of carbonyl (C=O) groups excluding carboxylic acids is 1. The highest BCUT2D eigenvalue weighted by molar-refractivity contribution is 7.10. The van der Waals surface area contributed by atoms with E-state index in [1.54, 1.807) is 7.05 Å². The highest BCUT2D eigenvalue weighted by Gasteiger charge is 2.16. The molecule has 0 bridgehead atoms. The molecule has 0 aliphatic carbocycles. The molecule has 16 heavy (non-hydrogen) atoms. The van der Waals surface area contributed by atoms with Crippen LogP contribution >= 0.6 is 11.5 Å². The SMILES string of the molecule is CCCN(CC(=O)NC)c1snc(N)c1C. The normalized spacial score (nSPS) is 10.2. The van der Waals surface area contributed by atoms with Crippen molar-refractivity contribution in [1.29, 1.82) is 0 Å². The molecule has 0 unspecified atom stereocenters. The summed E-state index contributed by atoms with van der Waals surface area (Å²) in [7, 11) is 1.64. The Morgan fingerprint density at radius 2 is 2.31 bits per heavy atom. The highest BCUT2D eigenvalue weighted by atomic mass is 32.1. The van der Waals surface area contributed by atoms with Crippen LogP contribution in [0.5, 0.6) is 0 Å². The minimum absolute atomic E-state index is 0.000165. The molecule has 1 amide bonds. The topological polar surface area (TPSA) is 71.2 Å². The van der Waals surface area contributed by atoms with Crippen molar-refractivity contribution in [1.82, 2.24) is 9.69 Å². The van der Waals surface area contributed by atoms with Crippen molar-refractivity contribution in [2.24, 2.45) is 0 Å². The molecular weight excluding hydrogens is 224 g/mol. The van der Waals surface area contributed by atoms with Gasteiger partial charge in [0.1, 0.15) is 10.8 Å². The van der Waals surface area contributed by atoms with Gasteiger partial charge in [0.15, 0.2) is 0 Å². The van der Waals surface area contributed by atoms with E-state index in [0.29, 0.717) is 12.4 Å². The zero-order valence-corrected chi connectivity index (χ0v) is 10.7. The van der Waals surface area contributed by atoms with E-state index in [1.165, 1.54) is 11.5 Å². The molecule has 3 N–H and O–H groups in total. The van der Waals surface area contributed by atoms with E-state index in [2.05, 4.69) is 16.6 Å². The van der Waals surface area contributed by atoms with E-state index < -0.39 is 0 Å². The second kappa shape index (κ2) is 5.69. The number of nitrogens with one attached hydrogen (secondary N) is 1. The van der Waals surface area contributed by atoms with Crippen LogP contribution in [0.4, 0.5) is 10.8 Å². The van der Waals surface area contributed by atoms with Crippen LogP contribution in [0, 0.1) is 6.92 Å². The molecule has 0 saturated carbocycles. The van der Waals surface area contributed by atoms with E-state index in [9.17, 15) is 4.79 Å².